The van der Waals surface area contributed by atoms with E-state index >= 15 is 0 Å². The Balaban J connectivity index is 0.00000225. The van der Waals surface area contributed by atoms with Gasteiger partial charge < -0.3 is 15.6 Å². The van der Waals surface area contributed by atoms with Crippen LogP contribution in [0.2, 0.25) is 0 Å². The molecule has 0 aliphatic heterocycles. The zero-order chi connectivity index (χ0) is 16.9. The van der Waals surface area contributed by atoms with Crippen molar-refractivity contribution in [1.29, 1.82) is 0 Å². The van der Waals surface area contributed by atoms with Gasteiger partial charge in [0.1, 0.15) is 5.69 Å². The molecule has 0 radical (unpaired) electrons. The number of hydrogen-bond donors (Lipinski definition) is 2. The largest absolute Gasteiger partial charge is 0.370 e. The van der Waals surface area contributed by atoms with Crippen molar-refractivity contribution >= 4 is 35.6 Å². The number of rotatable bonds is 4. The van der Waals surface area contributed by atoms with Crippen molar-refractivity contribution in [1.82, 2.24) is 5.16 Å². The molecular weight excluding hydrogens is 427 g/mol. The van der Waals surface area contributed by atoms with Crippen LogP contribution in [0.5, 0.6) is 0 Å². The van der Waals surface area contributed by atoms with Crippen molar-refractivity contribution < 1.29 is 4.52 Å². The van der Waals surface area contributed by atoms with E-state index in [0.717, 1.165) is 22.7 Å². The lowest BCUT2D eigenvalue weighted by molar-refractivity contribution is 0.424. The van der Waals surface area contributed by atoms with Crippen LogP contribution in [0, 0.1) is 13.8 Å². The van der Waals surface area contributed by atoms with Gasteiger partial charge in [-0.15, -0.1) is 24.0 Å². The Labute approximate surface area is 164 Å². The van der Waals surface area contributed by atoms with Gasteiger partial charge in [-0.3, -0.25) is 0 Å². The van der Waals surface area contributed by atoms with E-state index in [1.807, 2.05) is 48.5 Å². The number of anilines is 1. The fourth-order valence-electron chi connectivity index (χ4n) is 2.30. The molecule has 3 aromatic rings. The lowest BCUT2D eigenvalue weighted by Gasteiger charge is -2.07. The smallest absolute Gasteiger partial charge is 0.193 e. The normalized spacial score (nSPS) is 11.0. The number of hydrogen-bond acceptors (Lipinski definition) is 3. The second kappa shape index (κ2) is 8.66. The zero-order valence-corrected chi connectivity index (χ0v) is 16.5. The van der Waals surface area contributed by atoms with Gasteiger partial charge in [0.15, 0.2) is 11.7 Å². The highest BCUT2D eigenvalue weighted by molar-refractivity contribution is 14.0. The number of aryl methyl sites for hydroxylation is 2. The average Bonchev–Trinajstić information content (AvgIpc) is 3.06. The summed E-state index contributed by atoms with van der Waals surface area (Å²) in [5, 5.41) is 7.12. The van der Waals surface area contributed by atoms with Crippen LogP contribution < -0.4 is 11.1 Å². The highest BCUT2D eigenvalue weighted by Gasteiger charge is 2.06. The Morgan fingerprint density at radius 3 is 2.56 bits per heavy atom. The quantitative estimate of drug-likeness (QED) is 0.350. The van der Waals surface area contributed by atoms with E-state index < -0.39 is 0 Å². The van der Waals surface area contributed by atoms with E-state index in [2.05, 4.69) is 35.4 Å². The van der Waals surface area contributed by atoms with E-state index in [1.54, 1.807) is 0 Å². The van der Waals surface area contributed by atoms with Crippen LogP contribution in [0.3, 0.4) is 0 Å². The van der Waals surface area contributed by atoms with Gasteiger partial charge in [0.05, 0.1) is 6.54 Å². The number of nitrogens with one attached hydrogen (secondary N) is 1. The summed E-state index contributed by atoms with van der Waals surface area (Å²) in [6, 6.07) is 17.8. The van der Waals surface area contributed by atoms with Crippen molar-refractivity contribution in [3.05, 3.63) is 71.4 Å². The van der Waals surface area contributed by atoms with E-state index in [0.29, 0.717) is 12.5 Å². The molecule has 0 aliphatic carbocycles. The molecule has 130 valence electrons. The first-order valence-electron chi connectivity index (χ1n) is 7.77. The van der Waals surface area contributed by atoms with Crippen molar-refractivity contribution in [3.8, 4) is 11.3 Å². The molecule has 0 unspecified atom stereocenters. The summed E-state index contributed by atoms with van der Waals surface area (Å²) >= 11 is 0. The first-order chi connectivity index (χ1) is 11.6. The molecule has 0 saturated carbocycles. The summed E-state index contributed by atoms with van der Waals surface area (Å²) < 4.78 is 5.35. The van der Waals surface area contributed by atoms with Gasteiger partial charge in [0.2, 0.25) is 0 Å². The lowest BCUT2D eigenvalue weighted by atomic mass is 10.1. The summed E-state index contributed by atoms with van der Waals surface area (Å²) in [5.41, 5.74) is 11.0. The first-order valence-corrected chi connectivity index (χ1v) is 7.77. The first kappa shape index (κ1) is 19.0. The van der Waals surface area contributed by atoms with Crippen molar-refractivity contribution in [3.63, 3.8) is 0 Å². The van der Waals surface area contributed by atoms with Gasteiger partial charge in [-0.25, -0.2) is 4.99 Å². The molecule has 0 amide bonds. The highest BCUT2D eigenvalue weighted by Crippen LogP contribution is 2.20. The number of nitrogens with zero attached hydrogens (tertiary/aromatic N) is 2. The van der Waals surface area contributed by atoms with E-state index in [9.17, 15) is 0 Å². The predicted molar refractivity (Wildman–Crippen MR) is 112 cm³/mol. The van der Waals surface area contributed by atoms with Crippen LogP contribution in [0.25, 0.3) is 11.3 Å². The molecule has 0 fully saturated rings. The molecule has 0 aliphatic rings. The van der Waals surface area contributed by atoms with Crippen LogP contribution in [-0.2, 0) is 6.54 Å². The van der Waals surface area contributed by atoms with Gasteiger partial charge >= 0.3 is 0 Å². The maximum atomic E-state index is 5.94. The predicted octanol–water partition coefficient (Wildman–Crippen LogP) is 4.50. The van der Waals surface area contributed by atoms with Gasteiger partial charge in [-0.2, -0.15) is 0 Å². The number of halogens is 1. The third-order valence-corrected chi connectivity index (χ3v) is 3.81. The number of benzene rings is 2. The number of aromatic nitrogens is 1. The van der Waals surface area contributed by atoms with E-state index in [1.165, 1.54) is 11.1 Å². The molecule has 2 aromatic carbocycles. The Morgan fingerprint density at radius 1 is 1.08 bits per heavy atom. The summed E-state index contributed by atoms with van der Waals surface area (Å²) in [7, 11) is 0. The Kier molecular flexibility index (Phi) is 6.58. The van der Waals surface area contributed by atoms with Crippen molar-refractivity contribution in [2.75, 3.05) is 5.32 Å². The van der Waals surface area contributed by atoms with Crippen molar-refractivity contribution in [2.24, 2.45) is 10.7 Å². The molecule has 1 heterocycles. The Bertz CT molecular complexity index is 859. The SMILES string of the molecule is Cc1ccc(NC(N)=NCc2cc(-c3ccccc3)on2)cc1C.I. The summed E-state index contributed by atoms with van der Waals surface area (Å²) in [5.74, 6) is 1.07. The minimum Gasteiger partial charge on any atom is -0.370 e. The molecule has 1 aromatic heterocycles. The highest BCUT2D eigenvalue weighted by atomic mass is 127. The molecule has 25 heavy (non-hydrogen) atoms. The van der Waals surface area contributed by atoms with E-state index in [4.69, 9.17) is 10.3 Å². The van der Waals surface area contributed by atoms with E-state index in [-0.39, 0.29) is 24.0 Å². The maximum Gasteiger partial charge on any atom is 0.193 e. The Morgan fingerprint density at radius 2 is 1.84 bits per heavy atom. The second-order valence-corrected chi connectivity index (χ2v) is 5.67. The standard InChI is InChI=1S/C19H20N4O.HI/c1-13-8-9-16(10-14(13)2)22-19(20)21-12-17-11-18(24-23-17)15-6-4-3-5-7-15;/h3-11H,12H2,1-2H3,(H3,20,21,22);1H. The molecule has 5 nitrogen and oxygen atoms in total. The molecule has 3 rings (SSSR count). The molecule has 3 N–H and O–H groups in total. The molecule has 0 saturated heterocycles. The number of nitrogens with two attached hydrogens (primary N) is 1. The topological polar surface area (TPSA) is 76.4 Å². The third kappa shape index (κ3) is 5.06. The van der Waals surface area contributed by atoms with Crippen LogP contribution in [0.15, 0.2) is 64.1 Å². The number of aliphatic imine (C=N–C) groups is 1. The molecule has 0 bridgehead atoms. The molecule has 6 heteroatoms. The van der Waals surface area contributed by atoms with Crippen LogP contribution in [0.1, 0.15) is 16.8 Å². The summed E-state index contributed by atoms with van der Waals surface area (Å²) in [6.45, 7) is 4.50. The summed E-state index contributed by atoms with van der Waals surface area (Å²) in [6.07, 6.45) is 0. The van der Waals surface area contributed by atoms with Gasteiger partial charge in [0, 0.05) is 17.3 Å². The second-order valence-electron chi connectivity index (χ2n) is 5.67. The Hall–Kier alpha value is -2.35. The molecular formula is C19H21IN4O. The number of guanidine groups is 1. The van der Waals surface area contributed by atoms with Crippen LogP contribution >= 0.6 is 24.0 Å². The monoisotopic (exact) mass is 448 g/mol. The van der Waals surface area contributed by atoms with Crippen LogP contribution in [-0.4, -0.2) is 11.1 Å². The van der Waals surface area contributed by atoms with Gasteiger partial charge in [-0.1, -0.05) is 41.6 Å². The van der Waals surface area contributed by atoms with Gasteiger partial charge in [0.25, 0.3) is 0 Å². The lowest BCUT2D eigenvalue weighted by Crippen LogP contribution is -2.22. The third-order valence-electron chi connectivity index (χ3n) is 3.81. The average molecular weight is 448 g/mol. The fourth-order valence-corrected chi connectivity index (χ4v) is 2.30. The fraction of sp³-hybridized carbons (Fsp3) is 0.158. The minimum absolute atomic E-state index is 0. The zero-order valence-electron chi connectivity index (χ0n) is 14.2. The summed E-state index contributed by atoms with van der Waals surface area (Å²) in [4.78, 5) is 4.31. The molecule has 0 spiro atoms. The van der Waals surface area contributed by atoms with Crippen molar-refractivity contribution in [2.45, 2.75) is 20.4 Å². The minimum atomic E-state index is 0. The maximum absolute atomic E-state index is 5.94. The van der Waals surface area contributed by atoms with Gasteiger partial charge in [-0.05, 0) is 37.1 Å². The van der Waals surface area contributed by atoms with Crippen LogP contribution in [0.4, 0.5) is 5.69 Å². The molecule has 0 atom stereocenters.